The van der Waals surface area contributed by atoms with Crippen LogP contribution in [0.15, 0.2) is 152 Å². The van der Waals surface area contributed by atoms with Crippen LogP contribution in [0.1, 0.15) is 11.1 Å². The van der Waals surface area contributed by atoms with Gasteiger partial charge in [-0.1, -0.05) is 97.1 Å². The third kappa shape index (κ3) is 4.24. The lowest BCUT2D eigenvalue weighted by Crippen LogP contribution is -2.00. The van der Waals surface area contributed by atoms with Gasteiger partial charge >= 0.3 is 0 Å². The first-order valence-electron chi connectivity index (χ1n) is 16.3. The summed E-state index contributed by atoms with van der Waals surface area (Å²) in [7, 11) is 0. The molecule has 0 aliphatic heterocycles. The average molecular weight is 636 g/mol. The van der Waals surface area contributed by atoms with E-state index in [1.807, 2.05) is 66.7 Å². The van der Waals surface area contributed by atoms with Crippen LogP contribution < -0.4 is 0 Å². The zero-order chi connectivity index (χ0) is 33.8. The molecule has 0 bridgehead atoms. The summed E-state index contributed by atoms with van der Waals surface area (Å²) >= 11 is 0. The highest BCUT2D eigenvalue weighted by atomic mass is 15.0. The number of hydrogen-bond acceptors (Lipinski definition) is 2. The average Bonchev–Trinajstić information content (AvgIpc) is 3.70. The van der Waals surface area contributed by atoms with Gasteiger partial charge in [-0.2, -0.15) is 10.5 Å². The molecule has 0 N–H and O–H groups in total. The van der Waals surface area contributed by atoms with E-state index >= 15 is 0 Å². The molecule has 50 heavy (non-hydrogen) atoms. The number of fused-ring (bicyclic) bond motifs is 6. The van der Waals surface area contributed by atoms with Gasteiger partial charge in [-0.15, -0.1) is 0 Å². The smallest absolute Gasteiger partial charge is 0.195 e. The van der Waals surface area contributed by atoms with Crippen molar-refractivity contribution < 1.29 is 0 Å². The highest BCUT2D eigenvalue weighted by Gasteiger charge is 2.23. The summed E-state index contributed by atoms with van der Waals surface area (Å²) in [4.78, 5) is 4.03. The minimum Gasteiger partial charge on any atom is -0.309 e. The fourth-order valence-electron chi connectivity index (χ4n) is 7.53. The molecule has 5 heteroatoms. The van der Waals surface area contributed by atoms with Gasteiger partial charge in [0.05, 0.1) is 57.6 Å². The molecule has 2 heterocycles. The van der Waals surface area contributed by atoms with E-state index in [1.54, 1.807) is 12.1 Å². The first-order valence-corrected chi connectivity index (χ1v) is 16.3. The number of rotatable bonds is 4. The van der Waals surface area contributed by atoms with Gasteiger partial charge in [0.15, 0.2) is 5.69 Å². The van der Waals surface area contributed by atoms with Crippen molar-refractivity contribution in [2.75, 3.05) is 0 Å². The maximum Gasteiger partial charge on any atom is 0.195 e. The number of nitriles is 2. The number of hydrogen-bond donors (Lipinski definition) is 0. The van der Waals surface area contributed by atoms with Gasteiger partial charge in [0.2, 0.25) is 0 Å². The summed E-state index contributed by atoms with van der Waals surface area (Å²) in [6.45, 7) is 8.31. The Hall–Kier alpha value is -7.39. The second-order valence-electron chi connectivity index (χ2n) is 12.2. The predicted octanol–water partition coefficient (Wildman–Crippen LogP) is 11.5. The van der Waals surface area contributed by atoms with Crippen molar-refractivity contribution in [3.05, 3.63) is 174 Å². The molecular formula is C45H25N5. The lowest BCUT2D eigenvalue weighted by molar-refractivity contribution is 1.18. The number of benzene rings is 7. The molecule has 0 saturated heterocycles. The first-order chi connectivity index (χ1) is 24.7. The van der Waals surface area contributed by atoms with Gasteiger partial charge in [0.25, 0.3) is 0 Å². The Morgan fingerprint density at radius 3 is 1.80 bits per heavy atom. The quantitative estimate of drug-likeness (QED) is 0.181. The minimum absolute atomic E-state index is 0.471. The van der Waals surface area contributed by atoms with E-state index in [2.05, 4.69) is 98.9 Å². The van der Waals surface area contributed by atoms with Gasteiger partial charge in [-0.05, 0) is 76.9 Å². The SMILES string of the molecule is [C-]#[N+]c1ccc(C#N)c(-c2cccc(-n3c4ccccc4c4cc(C#N)ccc43)c2)c1-c1ccccc1-n1c2ccccc2c2ccccc21. The van der Waals surface area contributed by atoms with Crippen LogP contribution in [-0.4, -0.2) is 9.13 Å². The van der Waals surface area contributed by atoms with Gasteiger partial charge < -0.3 is 9.13 Å². The Balaban J connectivity index is 1.33. The maximum atomic E-state index is 10.6. The number of nitrogens with zero attached hydrogens (tertiary/aromatic N) is 5. The van der Waals surface area contributed by atoms with E-state index in [4.69, 9.17) is 6.57 Å². The first kappa shape index (κ1) is 28.8. The predicted molar refractivity (Wildman–Crippen MR) is 202 cm³/mol. The highest BCUT2D eigenvalue weighted by Crippen LogP contribution is 2.46. The van der Waals surface area contributed by atoms with Crippen molar-refractivity contribution in [2.24, 2.45) is 0 Å². The fourth-order valence-corrected chi connectivity index (χ4v) is 7.53. The largest absolute Gasteiger partial charge is 0.309 e. The molecule has 0 fully saturated rings. The van der Waals surface area contributed by atoms with Crippen molar-refractivity contribution in [3.8, 4) is 45.8 Å². The molecule has 0 amide bonds. The van der Waals surface area contributed by atoms with Crippen LogP contribution in [0, 0.1) is 29.2 Å². The zero-order valence-electron chi connectivity index (χ0n) is 26.7. The molecule has 9 aromatic rings. The van der Waals surface area contributed by atoms with Crippen molar-refractivity contribution in [3.63, 3.8) is 0 Å². The van der Waals surface area contributed by atoms with E-state index in [1.165, 1.54) is 0 Å². The highest BCUT2D eigenvalue weighted by molar-refractivity contribution is 6.11. The van der Waals surface area contributed by atoms with E-state index in [-0.39, 0.29) is 0 Å². The van der Waals surface area contributed by atoms with Crippen LogP contribution in [0.3, 0.4) is 0 Å². The van der Waals surface area contributed by atoms with Crippen molar-refractivity contribution in [1.82, 2.24) is 9.13 Å². The normalized spacial score (nSPS) is 11.1. The van der Waals surface area contributed by atoms with E-state index in [9.17, 15) is 10.5 Å². The fraction of sp³-hybridized carbons (Fsp3) is 0. The topological polar surface area (TPSA) is 61.8 Å². The summed E-state index contributed by atoms with van der Waals surface area (Å²) in [6.07, 6.45) is 0. The molecule has 0 radical (unpaired) electrons. The summed E-state index contributed by atoms with van der Waals surface area (Å²) < 4.78 is 4.46. The molecule has 9 rings (SSSR count). The molecule has 7 aromatic carbocycles. The third-order valence-corrected chi connectivity index (χ3v) is 9.61. The van der Waals surface area contributed by atoms with Gasteiger partial charge in [0.1, 0.15) is 0 Å². The lowest BCUT2D eigenvalue weighted by atomic mass is 9.88. The molecule has 230 valence electrons. The molecule has 0 aliphatic carbocycles. The minimum atomic E-state index is 0.471. The summed E-state index contributed by atoms with van der Waals surface area (Å²) in [5, 5.41) is 24.6. The Labute approximate surface area is 288 Å². The van der Waals surface area contributed by atoms with E-state index < -0.39 is 0 Å². The zero-order valence-corrected chi connectivity index (χ0v) is 26.7. The Bertz CT molecular complexity index is 2920. The molecule has 2 aromatic heterocycles. The summed E-state index contributed by atoms with van der Waals surface area (Å²) in [5.41, 5.74) is 10.7. The van der Waals surface area contributed by atoms with Gasteiger partial charge in [0, 0.05) is 27.2 Å². The van der Waals surface area contributed by atoms with Crippen LogP contribution in [0.5, 0.6) is 0 Å². The van der Waals surface area contributed by atoms with Crippen LogP contribution in [0.25, 0.3) is 82.1 Å². The molecule has 0 saturated carbocycles. The van der Waals surface area contributed by atoms with E-state index in [0.717, 1.165) is 71.7 Å². The Morgan fingerprint density at radius 2 is 1.12 bits per heavy atom. The van der Waals surface area contributed by atoms with E-state index in [0.29, 0.717) is 22.4 Å². The number of para-hydroxylation sites is 4. The molecule has 5 nitrogen and oxygen atoms in total. The standard InChI is InChI=1S/C45H25N5/c1-48-38-23-22-31(28-47)44(30-11-10-12-32(26-30)49-39-17-6-4-15-35(39)37-25-29(27-46)21-24-43(37)49)45(38)36-16-5-9-20-42(36)50-40-18-7-2-13-33(40)34-14-3-8-19-41(34)50/h2-26H. The lowest BCUT2D eigenvalue weighted by Gasteiger charge is -2.20. The van der Waals surface area contributed by atoms with Crippen LogP contribution in [-0.2, 0) is 0 Å². The summed E-state index contributed by atoms with van der Waals surface area (Å²) in [6, 6.07) is 55.3. The van der Waals surface area contributed by atoms with Crippen molar-refractivity contribution >= 4 is 49.3 Å². The van der Waals surface area contributed by atoms with Gasteiger partial charge in [-0.25, -0.2) is 4.85 Å². The Kier molecular flexibility index (Phi) is 6.56. The second-order valence-corrected chi connectivity index (χ2v) is 12.2. The molecule has 0 unspecified atom stereocenters. The second kappa shape index (κ2) is 11.4. The molecular weight excluding hydrogens is 611 g/mol. The van der Waals surface area contributed by atoms with Crippen LogP contribution in [0.4, 0.5) is 5.69 Å². The molecule has 0 atom stereocenters. The van der Waals surface area contributed by atoms with Gasteiger partial charge in [-0.3, -0.25) is 0 Å². The molecule has 0 aliphatic rings. The monoisotopic (exact) mass is 635 g/mol. The third-order valence-electron chi connectivity index (χ3n) is 9.61. The Morgan fingerprint density at radius 1 is 0.500 bits per heavy atom. The van der Waals surface area contributed by atoms with Crippen LogP contribution in [0.2, 0.25) is 0 Å². The van der Waals surface area contributed by atoms with Crippen molar-refractivity contribution in [1.29, 1.82) is 10.5 Å². The molecule has 0 spiro atoms. The number of aromatic nitrogens is 2. The van der Waals surface area contributed by atoms with Crippen molar-refractivity contribution in [2.45, 2.75) is 0 Å². The van der Waals surface area contributed by atoms with Crippen LogP contribution >= 0.6 is 0 Å². The maximum absolute atomic E-state index is 10.6. The summed E-state index contributed by atoms with van der Waals surface area (Å²) in [5.74, 6) is 0.